The van der Waals surface area contributed by atoms with E-state index in [1.807, 2.05) is 0 Å². The molecule has 0 aliphatic carbocycles. The number of benzene rings is 5. The molecule has 0 N–H and O–H groups in total. The van der Waals surface area contributed by atoms with Gasteiger partial charge in [-0.1, -0.05) is 78.9 Å². The second-order valence-corrected chi connectivity index (χ2v) is 16.2. The van der Waals surface area contributed by atoms with E-state index in [1.54, 1.807) is 30.3 Å². The van der Waals surface area contributed by atoms with Crippen LogP contribution in [-0.2, 0) is 56.0 Å². The van der Waals surface area contributed by atoms with Crippen molar-refractivity contribution in [1.29, 1.82) is 0 Å². The van der Waals surface area contributed by atoms with Gasteiger partial charge in [0.15, 0.2) is 6.20 Å². The van der Waals surface area contributed by atoms with Gasteiger partial charge in [-0.15, -0.1) is 0 Å². The summed E-state index contributed by atoms with van der Waals surface area (Å²) in [6.07, 6.45) is -53.7. The summed E-state index contributed by atoms with van der Waals surface area (Å²) in [4.78, 5) is 15.6. The van der Waals surface area contributed by atoms with Crippen LogP contribution in [0.1, 0.15) is 60.6 Å². The lowest BCUT2D eigenvalue weighted by atomic mass is 9.12. The lowest BCUT2D eigenvalue weighted by Gasteiger charge is -2.46. The maximum atomic E-state index is 14.2. The van der Waals surface area contributed by atoms with Gasteiger partial charge in [0.25, 0.3) is 11.5 Å². The molecule has 1 aromatic heterocycles. The molecule has 0 fully saturated rings. The number of ketones is 1. The van der Waals surface area contributed by atoms with E-state index in [-0.39, 0.29) is 12.3 Å². The SMILES string of the molecule is FC(F)(F)c1cc([B-](c2cc(C(F)(F)F)cc(C(F)(F)F)c2)(c2cc(C(F)(F)F)cc(C(F)(F)F)c2)c2cc(C(F)(F)F)cc(C(F)(F)F)c2)cc(C(F)(F)F)c1.O=C(C[n+]1ccncc1C(F)=C(F)F)c1ccccc1. The normalized spacial score (nSPS) is 13.2. The number of halogens is 27. The Morgan fingerprint density at radius 1 is 0.403 bits per heavy atom. The molecule has 6 rings (SSSR count). The number of rotatable bonds is 8. The second-order valence-electron chi connectivity index (χ2n) is 16.2. The van der Waals surface area contributed by atoms with Crippen molar-refractivity contribution in [3.05, 3.63) is 184 Å². The summed E-state index contributed by atoms with van der Waals surface area (Å²) in [5.74, 6) is -1.99. The molecule has 77 heavy (non-hydrogen) atoms. The fourth-order valence-electron chi connectivity index (χ4n) is 7.75. The number of hydrogen-bond acceptors (Lipinski definition) is 2. The zero-order valence-corrected chi connectivity index (χ0v) is 36.8. The summed E-state index contributed by atoms with van der Waals surface area (Å²) < 4.78 is 380. The zero-order chi connectivity index (χ0) is 58.4. The number of aromatic nitrogens is 2. The maximum absolute atomic E-state index is 14.2. The molecule has 31 heteroatoms. The molecule has 1 heterocycles. The van der Waals surface area contributed by atoms with Gasteiger partial charge in [-0.25, -0.2) is 0 Å². The monoisotopic (exact) mass is 1140 g/mol. The summed E-state index contributed by atoms with van der Waals surface area (Å²) in [7, 11) is 0. The highest BCUT2D eigenvalue weighted by Crippen LogP contribution is 2.41. The average Bonchev–Trinajstić information content (AvgIpc) is 3.29. The van der Waals surface area contributed by atoms with Crippen molar-refractivity contribution in [2.75, 3.05) is 0 Å². The molecule has 0 unspecified atom stereocenters. The minimum atomic E-state index is -6.13. The largest absolute Gasteiger partial charge is 0.416 e. The van der Waals surface area contributed by atoms with Crippen LogP contribution >= 0.6 is 0 Å². The zero-order valence-electron chi connectivity index (χ0n) is 36.8. The highest BCUT2D eigenvalue weighted by Gasteiger charge is 2.47. The van der Waals surface area contributed by atoms with Crippen LogP contribution in [0.4, 0.5) is 119 Å². The molecule has 0 saturated heterocycles. The Labute approximate surface area is 411 Å². The third-order valence-corrected chi connectivity index (χ3v) is 11.1. The van der Waals surface area contributed by atoms with Crippen LogP contribution in [0.15, 0.2) is 128 Å². The van der Waals surface area contributed by atoms with Crippen LogP contribution in [0.25, 0.3) is 5.83 Å². The van der Waals surface area contributed by atoms with Crippen LogP contribution in [0, 0.1) is 0 Å². The predicted molar refractivity (Wildman–Crippen MR) is 216 cm³/mol. The fraction of sp³-hybridized carbons (Fsp3) is 0.196. The Morgan fingerprint density at radius 2 is 0.662 bits per heavy atom. The number of carbonyl (C=O) groups excluding carboxylic acids is 1. The number of alkyl halides is 24. The third-order valence-electron chi connectivity index (χ3n) is 11.1. The summed E-state index contributed by atoms with van der Waals surface area (Å²) in [5, 5.41) is 0. The van der Waals surface area contributed by atoms with Gasteiger partial charge in [0.2, 0.25) is 12.3 Å². The minimum absolute atomic E-state index is 0.247. The number of carbonyl (C=O) groups is 1. The van der Waals surface area contributed by atoms with Gasteiger partial charge >= 0.3 is 55.5 Å². The van der Waals surface area contributed by atoms with Gasteiger partial charge in [0.1, 0.15) is 12.3 Å². The van der Waals surface area contributed by atoms with Crippen LogP contribution < -0.4 is 26.4 Å². The highest BCUT2D eigenvalue weighted by atomic mass is 19.4. The fourth-order valence-corrected chi connectivity index (χ4v) is 7.75. The van der Waals surface area contributed by atoms with Crippen molar-refractivity contribution in [3.63, 3.8) is 0 Å². The topological polar surface area (TPSA) is 33.8 Å². The summed E-state index contributed by atoms with van der Waals surface area (Å²) >= 11 is 0. The van der Waals surface area contributed by atoms with E-state index in [9.17, 15) is 123 Å². The number of Topliss-reactive ketones (excluding diaryl/α,β-unsaturated/α-hetero) is 1. The predicted octanol–water partition coefficient (Wildman–Crippen LogP) is 14.0. The van der Waals surface area contributed by atoms with Crippen molar-refractivity contribution < 1.29 is 128 Å². The summed E-state index contributed by atoms with van der Waals surface area (Å²) in [5.41, 5.74) is -30.2. The van der Waals surface area contributed by atoms with E-state index in [2.05, 4.69) is 4.98 Å². The first kappa shape index (κ1) is 60.6. The van der Waals surface area contributed by atoms with E-state index < -0.39 is 212 Å². The maximum Gasteiger partial charge on any atom is 0.416 e. The molecule has 0 atom stereocenters. The van der Waals surface area contributed by atoms with Crippen molar-refractivity contribution >= 4 is 39.6 Å². The molecule has 0 saturated carbocycles. The molecule has 0 aliphatic rings. The molecule has 0 amide bonds. The Balaban J connectivity index is 0.000000455. The minimum Gasteiger partial charge on any atom is -0.287 e. The van der Waals surface area contributed by atoms with Crippen molar-refractivity contribution in [2.24, 2.45) is 0 Å². The van der Waals surface area contributed by atoms with Crippen LogP contribution in [-0.4, -0.2) is 16.9 Å². The summed E-state index contributed by atoms with van der Waals surface area (Å²) in [6.45, 7) is -0.247. The molecule has 0 spiro atoms. The number of nitrogens with zero attached hydrogens (tertiary/aromatic N) is 2. The van der Waals surface area contributed by atoms with E-state index in [1.165, 1.54) is 12.4 Å². The Kier molecular flexibility index (Phi) is 16.5. The molecular weight excluding hydrogens is 1120 g/mol. The first-order chi connectivity index (χ1) is 34.9. The molecule has 0 aliphatic heterocycles. The van der Waals surface area contributed by atoms with Crippen LogP contribution in [0.5, 0.6) is 0 Å². The molecule has 5 aromatic carbocycles. The van der Waals surface area contributed by atoms with Gasteiger partial charge in [-0.2, -0.15) is 145 Å². The molecule has 6 aromatic rings. The van der Waals surface area contributed by atoms with Gasteiger partial charge < -0.3 is 0 Å². The first-order valence-corrected chi connectivity index (χ1v) is 20.3. The number of hydrogen-bond donors (Lipinski definition) is 0. The van der Waals surface area contributed by atoms with Gasteiger partial charge in [-0.05, 0) is 24.3 Å². The Hall–Kier alpha value is -7.24. The lowest BCUT2D eigenvalue weighted by molar-refractivity contribution is -0.686. The van der Waals surface area contributed by atoms with E-state index in [0.717, 1.165) is 10.8 Å². The van der Waals surface area contributed by atoms with E-state index in [4.69, 9.17) is 0 Å². The van der Waals surface area contributed by atoms with Gasteiger partial charge in [0.05, 0.1) is 50.7 Å². The molecule has 3 nitrogen and oxygen atoms in total. The second kappa shape index (κ2) is 21.0. The molecule has 0 bridgehead atoms. The van der Waals surface area contributed by atoms with Crippen molar-refractivity contribution in [3.8, 4) is 0 Å². The van der Waals surface area contributed by atoms with Crippen molar-refractivity contribution in [1.82, 2.24) is 4.98 Å². The molecule has 414 valence electrons. The average molecular weight is 1140 g/mol. The quantitative estimate of drug-likeness (QED) is 0.0659. The highest BCUT2D eigenvalue weighted by molar-refractivity contribution is 7.20. The van der Waals surface area contributed by atoms with E-state index >= 15 is 0 Å². The van der Waals surface area contributed by atoms with Crippen LogP contribution in [0.3, 0.4) is 0 Å². The third kappa shape index (κ3) is 14.0. The Bertz CT molecular complexity index is 2720. The lowest BCUT2D eigenvalue weighted by Crippen LogP contribution is -2.75. The van der Waals surface area contributed by atoms with Gasteiger partial charge in [-0.3, -0.25) is 9.78 Å². The van der Waals surface area contributed by atoms with Crippen LogP contribution in [0.2, 0.25) is 0 Å². The van der Waals surface area contributed by atoms with E-state index in [0.29, 0.717) is 5.56 Å². The smallest absolute Gasteiger partial charge is 0.287 e. The first-order valence-electron chi connectivity index (χ1n) is 20.3. The Morgan fingerprint density at radius 3 is 0.896 bits per heavy atom. The van der Waals surface area contributed by atoms with Crippen molar-refractivity contribution in [2.45, 2.75) is 56.0 Å². The molecule has 0 radical (unpaired) electrons. The molecular formula is C46H22BF27N2O. The standard InChI is InChI=1S/C32H12BF24.C14H10F3N2O/c34-25(35,36)13-1-14(26(37,38)39)6-21(5-13)33(22-7-15(27(40,41)42)2-16(8-22)28(43,44)45,23-9-17(29(46,47)48)3-18(10-23)30(49,50)51)24-11-19(31(52,53)54)4-20(12-24)32(55,56)57;15-13(14(16)17)11-8-18-6-7-19(11)9-12(20)10-4-2-1-3-5-10/h1-12H;1-8H,9H2/q-1;+1. The van der Waals surface area contributed by atoms with Gasteiger partial charge in [0, 0.05) is 5.56 Å². The summed E-state index contributed by atoms with van der Waals surface area (Å²) in [6, 6.07) is -0.477.